The van der Waals surface area contributed by atoms with E-state index in [2.05, 4.69) is 4.90 Å². The summed E-state index contributed by atoms with van der Waals surface area (Å²) in [4.78, 5) is 2.05. The number of benzene rings is 1. The van der Waals surface area contributed by atoms with E-state index in [0.29, 0.717) is 19.4 Å². The highest BCUT2D eigenvalue weighted by molar-refractivity contribution is 5.21. The van der Waals surface area contributed by atoms with E-state index in [9.17, 15) is 13.9 Å². The lowest BCUT2D eigenvalue weighted by Gasteiger charge is -2.21. The quantitative estimate of drug-likeness (QED) is 0.762. The van der Waals surface area contributed by atoms with Gasteiger partial charge < -0.3 is 15.1 Å². The molecule has 0 aliphatic carbocycles. The van der Waals surface area contributed by atoms with Gasteiger partial charge in [0.25, 0.3) is 0 Å². The summed E-state index contributed by atoms with van der Waals surface area (Å²) < 4.78 is 26.5. The van der Waals surface area contributed by atoms with E-state index in [1.54, 1.807) is 0 Å². The van der Waals surface area contributed by atoms with Gasteiger partial charge in [-0.3, -0.25) is 0 Å². The van der Waals surface area contributed by atoms with Crippen molar-refractivity contribution in [3.63, 3.8) is 0 Å². The van der Waals surface area contributed by atoms with Gasteiger partial charge >= 0.3 is 0 Å². The molecule has 0 aliphatic heterocycles. The van der Waals surface area contributed by atoms with Crippen molar-refractivity contribution in [2.45, 2.75) is 25.9 Å². The van der Waals surface area contributed by atoms with Gasteiger partial charge in [0.15, 0.2) is 11.6 Å². The zero-order valence-corrected chi connectivity index (χ0v) is 11.1. The summed E-state index contributed by atoms with van der Waals surface area (Å²) in [5.74, 6) is -1.92. The fourth-order valence-corrected chi connectivity index (χ4v) is 1.96. The first-order chi connectivity index (χ1) is 9.10. The molecule has 0 fully saturated rings. The smallest absolute Gasteiger partial charge is 0.164 e. The van der Waals surface area contributed by atoms with Crippen LogP contribution in [0.1, 0.15) is 31.4 Å². The van der Waals surface area contributed by atoms with Gasteiger partial charge in [-0.25, -0.2) is 8.78 Å². The number of hydrogen-bond donors (Lipinski definition) is 2. The van der Waals surface area contributed by atoms with E-state index in [1.807, 2.05) is 6.92 Å². The SMILES string of the molecule is CCN(CCCO)CCC(O)c1cccc(F)c1F. The summed E-state index contributed by atoms with van der Waals surface area (Å²) in [5, 5.41) is 18.7. The second-order valence-electron chi connectivity index (χ2n) is 4.46. The molecule has 0 aromatic heterocycles. The lowest BCUT2D eigenvalue weighted by Crippen LogP contribution is -2.27. The Kier molecular flexibility index (Phi) is 6.91. The van der Waals surface area contributed by atoms with E-state index in [-0.39, 0.29) is 12.2 Å². The van der Waals surface area contributed by atoms with Gasteiger partial charge in [0.05, 0.1) is 6.10 Å². The molecule has 19 heavy (non-hydrogen) atoms. The second kappa shape index (κ2) is 8.19. The highest BCUT2D eigenvalue weighted by atomic mass is 19.2. The van der Waals surface area contributed by atoms with Crippen LogP contribution >= 0.6 is 0 Å². The van der Waals surface area contributed by atoms with Crippen LogP contribution in [-0.2, 0) is 0 Å². The number of aliphatic hydroxyl groups is 2. The number of hydrogen-bond acceptors (Lipinski definition) is 3. The number of nitrogens with zero attached hydrogens (tertiary/aromatic N) is 1. The number of aliphatic hydroxyl groups excluding tert-OH is 2. The molecule has 0 aliphatic rings. The largest absolute Gasteiger partial charge is 0.396 e. The Morgan fingerprint density at radius 2 is 2.00 bits per heavy atom. The molecule has 0 radical (unpaired) electrons. The van der Waals surface area contributed by atoms with Crippen molar-refractivity contribution in [3.05, 3.63) is 35.4 Å². The fourth-order valence-electron chi connectivity index (χ4n) is 1.96. The van der Waals surface area contributed by atoms with Gasteiger partial charge in [0.1, 0.15) is 0 Å². The molecule has 1 aromatic carbocycles. The Morgan fingerprint density at radius 3 is 2.63 bits per heavy atom. The molecular formula is C14H21F2NO2. The Labute approximate surface area is 112 Å². The summed E-state index contributed by atoms with van der Waals surface area (Å²) >= 11 is 0. The maximum atomic E-state index is 13.5. The van der Waals surface area contributed by atoms with Gasteiger partial charge in [0.2, 0.25) is 0 Å². The van der Waals surface area contributed by atoms with Crippen LogP contribution in [0, 0.1) is 11.6 Å². The van der Waals surface area contributed by atoms with Crippen molar-refractivity contribution in [1.82, 2.24) is 4.90 Å². The standard InChI is InChI=1S/C14H21F2NO2/c1-2-17(8-4-10-18)9-7-13(19)11-5-3-6-12(15)14(11)16/h3,5-6,13,18-19H,2,4,7-10H2,1H3. The predicted octanol–water partition coefficient (Wildman–Crippen LogP) is 2.09. The van der Waals surface area contributed by atoms with Crippen molar-refractivity contribution in [2.75, 3.05) is 26.2 Å². The third kappa shape index (κ3) is 4.86. The minimum Gasteiger partial charge on any atom is -0.396 e. The highest BCUT2D eigenvalue weighted by Gasteiger charge is 2.16. The molecule has 2 N–H and O–H groups in total. The fraction of sp³-hybridized carbons (Fsp3) is 0.571. The third-order valence-electron chi connectivity index (χ3n) is 3.14. The highest BCUT2D eigenvalue weighted by Crippen LogP contribution is 2.22. The van der Waals surface area contributed by atoms with E-state index in [4.69, 9.17) is 5.11 Å². The Balaban J connectivity index is 2.54. The van der Waals surface area contributed by atoms with Gasteiger partial charge in [-0.2, -0.15) is 0 Å². The number of rotatable bonds is 8. The van der Waals surface area contributed by atoms with Crippen LogP contribution in [-0.4, -0.2) is 41.4 Å². The molecule has 1 aromatic rings. The van der Waals surface area contributed by atoms with Crippen LogP contribution < -0.4 is 0 Å². The number of halogens is 2. The molecule has 1 atom stereocenters. The topological polar surface area (TPSA) is 43.7 Å². The molecular weight excluding hydrogens is 252 g/mol. The van der Waals surface area contributed by atoms with E-state index in [0.717, 1.165) is 19.2 Å². The minimum atomic E-state index is -1.01. The summed E-state index contributed by atoms with van der Waals surface area (Å²) in [6, 6.07) is 3.82. The molecule has 1 unspecified atom stereocenters. The molecule has 0 heterocycles. The molecule has 0 saturated carbocycles. The van der Waals surface area contributed by atoms with Crippen molar-refractivity contribution in [2.24, 2.45) is 0 Å². The lowest BCUT2D eigenvalue weighted by molar-refractivity contribution is 0.136. The summed E-state index contributed by atoms with van der Waals surface area (Å²) in [6.45, 7) is 4.20. The normalized spacial score (nSPS) is 12.9. The van der Waals surface area contributed by atoms with Crippen molar-refractivity contribution >= 4 is 0 Å². The maximum absolute atomic E-state index is 13.5. The Bertz CT molecular complexity index is 388. The predicted molar refractivity (Wildman–Crippen MR) is 69.8 cm³/mol. The van der Waals surface area contributed by atoms with Gasteiger partial charge in [-0.1, -0.05) is 19.1 Å². The van der Waals surface area contributed by atoms with Crippen LogP contribution in [0.25, 0.3) is 0 Å². The van der Waals surface area contributed by atoms with Crippen LogP contribution in [0.15, 0.2) is 18.2 Å². The van der Waals surface area contributed by atoms with E-state index < -0.39 is 17.7 Å². The molecule has 0 bridgehead atoms. The first-order valence-electron chi connectivity index (χ1n) is 6.55. The molecule has 108 valence electrons. The summed E-state index contributed by atoms with van der Waals surface area (Å²) in [5.41, 5.74) is -0.00166. The molecule has 0 saturated heterocycles. The average Bonchev–Trinajstić information content (AvgIpc) is 2.42. The average molecular weight is 273 g/mol. The van der Waals surface area contributed by atoms with Gasteiger partial charge in [-0.15, -0.1) is 0 Å². The lowest BCUT2D eigenvalue weighted by atomic mass is 10.1. The Hall–Kier alpha value is -1.04. The maximum Gasteiger partial charge on any atom is 0.164 e. The zero-order chi connectivity index (χ0) is 14.3. The van der Waals surface area contributed by atoms with Crippen molar-refractivity contribution in [3.8, 4) is 0 Å². The van der Waals surface area contributed by atoms with Crippen LogP contribution in [0.5, 0.6) is 0 Å². The van der Waals surface area contributed by atoms with Crippen molar-refractivity contribution < 1.29 is 19.0 Å². The summed E-state index contributed by atoms with van der Waals surface area (Å²) in [7, 11) is 0. The molecule has 3 nitrogen and oxygen atoms in total. The van der Waals surface area contributed by atoms with Crippen LogP contribution in [0.3, 0.4) is 0 Å². The summed E-state index contributed by atoms with van der Waals surface area (Å²) in [6.07, 6.45) is -0.0170. The molecule has 1 rings (SSSR count). The zero-order valence-electron chi connectivity index (χ0n) is 11.1. The first kappa shape index (κ1) is 16.0. The third-order valence-corrected chi connectivity index (χ3v) is 3.14. The van der Waals surface area contributed by atoms with Gasteiger partial charge in [0, 0.05) is 25.3 Å². The molecule has 0 amide bonds. The van der Waals surface area contributed by atoms with E-state index in [1.165, 1.54) is 12.1 Å². The monoisotopic (exact) mass is 273 g/mol. The molecule has 0 spiro atoms. The van der Waals surface area contributed by atoms with Gasteiger partial charge in [-0.05, 0) is 25.5 Å². The van der Waals surface area contributed by atoms with E-state index >= 15 is 0 Å². The van der Waals surface area contributed by atoms with Crippen molar-refractivity contribution in [1.29, 1.82) is 0 Å². The van der Waals surface area contributed by atoms with Crippen LogP contribution in [0.2, 0.25) is 0 Å². The minimum absolute atomic E-state index is 0.00166. The van der Waals surface area contributed by atoms with Crippen LogP contribution in [0.4, 0.5) is 8.78 Å². The first-order valence-corrected chi connectivity index (χ1v) is 6.55. The molecule has 5 heteroatoms. The second-order valence-corrected chi connectivity index (χ2v) is 4.46. The Morgan fingerprint density at radius 1 is 1.26 bits per heavy atom.